The van der Waals surface area contributed by atoms with Crippen molar-refractivity contribution in [3.05, 3.63) is 28.2 Å². The second-order valence-electron chi connectivity index (χ2n) is 4.52. The van der Waals surface area contributed by atoms with Gasteiger partial charge in [-0.05, 0) is 59.4 Å². The maximum atomic E-state index is 9.89. The van der Waals surface area contributed by atoms with Crippen molar-refractivity contribution in [3.8, 4) is 5.75 Å². The average molecular weight is 300 g/mol. The van der Waals surface area contributed by atoms with E-state index >= 15 is 0 Å². The van der Waals surface area contributed by atoms with Gasteiger partial charge in [-0.3, -0.25) is 0 Å². The Morgan fingerprint density at radius 3 is 2.94 bits per heavy atom. The fraction of sp³-hybridized carbons (Fsp3) is 0.538. The Morgan fingerprint density at radius 1 is 1.53 bits per heavy atom. The number of nitrogens with one attached hydrogen (secondary N) is 1. The van der Waals surface area contributed by atoms with Gasteiger partial charge in [0.25, 0.3) is 0 Å². The third-order valence-electron chi connectivity index (χ3n) is 2.91. The molecule has 1 saturated carbocycles. The van der Waals surface area contributed by atoms with Crippen LogP contribution in [0.25, 0.3) is 0 Å². The Hall–Kier alpha value is -0.580. The molecule has 17 heavy (non-hydrogen) atoms. The molecule has 0 spiro atoms. The van der Waals surface area contributed by atoms with Crippen LogP contribution in [-0.4, -0.2) is 25.3 Å². The first-order valence-electron chi connectivity index (χ1n) is 5.95. The van der Waals surface area contributed by atoms with Crippen LogP contribution in [0.15, 0.2) is 22.7 Å². The first-order valence-corrected chi connectivity index (χ1v) is 6.75. The van der Waals surface area contributed by atoms with Crippen LogP contribution < -0.4 is 10.1 Å². The SMILES string of the molecule is CNCC(O)c1ccc(Br)c(OCC2CC2)c1. The first-order chi connectivity index (χ1) is 8.20. The van der Waals surface area contributed by atoms with Gasteiger partial charge in [-0.25, -0.2) is 0 Å². The lowest BCUT2D eigenvalue weighted by Gasteiger charge is -2.13. The minimum Gasteiger partial charge on any atom is -0.492 e. The number of aliphatic hydroxyl groups excluding tert-OH is 1. The van der Waals surface area contributed by atoms with Gasteiger partial charge in [-0.1, -0.05) is 6.07 Å². The van der Waals surface area contributed by atoms with E-state index in [4.69, 9.17) is 4.74 Å². The molecule has 0 aromatic heterocycles. The molecule has 2 rings (SSSR count). The van der Waals surface area contributed by atoms with Gasteiger partial charge in [0.1, 0.15) is 5.75 Å². The highest BCUT2D eigenvalue weighted by Crippen LogP contribution is 2.33. The van der Waals surface area contributed by atoms with Crippen molar-refractivity contribution in [2.45, 2.75) is 18.9 Å². The topological polar surface area (TPSA) is 41.5 Å². The lowest BCUT2D eigenvalue weighted by Crippen LogP contribution is -2.16. The van der Waals surface area contributed by atoms with Crippen molar-refractivity contribution in [1.82, 2.24) is 5.32 Å². The molecule has 4 heteroatoms. The van der Waals surface area contributed by atoms with Crippen LogP contribution in [0.4, 0.5) is 0 Å². The molecule has 94 valence electrons. The highest BCUT2D eigenvalue weighted by atomic mass is 79.9. The Bertz CT molecular complexity index is 380. The van der Waals surface area contributed by atoms with E-state index in [1.54, 1.807) is 0 Å². The summed E-state index contributed by atoms with van der Waals surface area (Å²) in [5.74, 6) is 1.55. The van der Waals surface area contributed by atoms with Gasteiger partial charge in [0.05, 0.1) is 17.2 Å². The Kier molecular flexibility index (Phi) is 4.42. The van der Waals surface area contributed by atoms with Crippen molar-refractivity contribution in [1.29, 1.82) is 0 Å². The summed E-state index contributed by atoms with van der Waals surface area (Å²) < 4.78 is 6.69. The van der Waals surface area contributed by atoms with Crippen LogP contribution in [0.2, 0.25) is 0 Å². The van der Waals surface area contributed by atoms with E-state index in [9.17, 15) is 5.11 Å². The molecule has 1 atom stereocenters. The molecule has 1 unspecified atom stereocenters. The van der Waals surface area contributed by atoms with E-state index in [1.807, 2.05) is 25.2 Å². The largest absolute Gasteiger partial charge is 0.492 e. The Balaban J connectivity index is 2.04. The Morgan fingerprint density at radius 2 is 2.29 bits per heavy atom. The van der Waals surface area contributed by atoms with Crippen molar-refractivity contribution in [2.24, 2.45) is 5.92 Å². The summed E-state index contributed by atoms with van der Waals surface area (Å²) in [5, 5.41) is 12.8. The van der Waals surface area contributed by atoms with Crippen molar-refractivity contribution >= 4 is 15.9 Å². The second kappa shape index (κ2) is 5.85. The van der Waals surface area contributed by atoms with Crippen LogP contribution in [-0.2, 0) is 0 Å². The maximum absolute atomic E-state index is 9.89. The number of aliphatic hydroxyl groups is 1. The third kappa shape index (κ3) is 3.69. The second-order valence-corrected chi connectivity index (χ2v) is 5.37. The van der Waals surface area contributed by atoms with E-state index in [0.717, 1.165) is 28.3 Å². The zero-order valence-corrected chi connectivity index (χ0v) is 11.5. The quantitative estimate of drug-likeness (QED) is 0.848. The van der Waals surface area contributed by atoms with Crippen molar-refractivity contribution in [3.63, 3.8) is 0 Å². The number of halogens is 1. The first kappa shape index (κ1) is 12.9. The zero-order valence-electron chi connectivity index (χ0n) is 9.95. The van der Waals surface area contributed by atoms with Crippen LogP contribution in [0.1, 0.15) is 24.5 Å². The number of hydrogen-bond acceptors (Lipinski definition) is 3. The van der Waals surface area contributed by atoms with Gasteiger partial charge >= 0.3 is 0 Å². The molecule has 1 aliphatic carbocycles. The summed E-state index contributed by atoms with van der Waals surface area (Å²) in [5.41, 5.74) is 0.883. The highest BCUT2D eigenvalue weighted by molar-refractivity contribution is 9.10. The number of hydrogen-bond donors (Lipinski definition) is 2. The summed E-state index contributed by atoms with van der Waals surface area (Å²) in [6.07, 6.45) is 2.07. The normalized spacial score (nSPS) is 16.9. The van der Waals surface area contributed by atoms with Gasteiger partial charge in [0, 0.05) is 6.54 Å². The van der Waals surface area contributed by atoms with Crippen molar-refractivity contribution < 1.29 is 9.84 Å². The lowest BCUT2D eigenvalue weighted by atomic mass is 10.1. The molecule has 0 bridgehead atoms. The minimum absolute atomic E-state index is 0.489. The smallest absolute Gasteiger partial charge is 0.133 e. The average Bonchev–Trinajstić information content (AvgIpc) is 3.12. The van der Waals surface area contributed by atoms with Crippen LogP contribution in [0.3, 0.4) is 0 Å². The standard InChI is InChI=1S/C13H18BrNO2/c1-15-7-12(16)10-4-5-11(14)13(6-10)17-8-9-2-3-9/h4-6,9,12,15-16H,2-3,7-8H2,1H3. The number of rotatable bonds is 6. The van der Waals surface area contributed by atoms with E-state index < -0.39 is 6.10 Å². The van der Waals surface area contributed by atoms with Gasteiger partial charge < -0.3 is 15.2 Å². The number of likely N-dealkylation sites (N-methyl/N-ethyl adjacent to an activating group) is 1. The summed E-state index contributed by atoms with van der Waals surface area (Å²) >= 11 is 3.47. The summed E-state index contributed by atoms with van der Waals surface area (Å²) in [4.78, 5) is 0. The van der Waals surface area contributed by atoms with Crippen LogP contribution in [0, 0.1) is 5.92 Å². The van der Waals surface area contributed by atoms with E-state index in [2.05, 4.69) is 21.2 Å². The fourth-order valence-corrected chi connectivity index (χ4v) is 2.00. The fourth-order valence-electron chi connectivity index (χ4n) is 1.64. The number of benzene rings is 1. The predicted molar refractivity (Wildman–Crippen MR) is 71.2 cm³/mol. The molecule has 0 saturated heterocycles. The van der Waals surface area contributed by atoms with Crippen LogP contribution in [0.5, 0.6) is 5.75 Å². The lowest BCUT2D eigenvalue weighted by molar-refractivity contribution is 0.177. The molecule has 3 nitrogen and oxygen atoms in total. The predicted octanol–water partition coefficient (Wildman–Crippen LogP) is 2.49. The molecular weight excluding hydrogens is 282 g/mol. The van der Waals surface area contributed by atoms with E-state index in [-0.39, 0.29) is 0 Å². The Labute approximate surface area is 110 Å². The molecule has 1 aromatic carbocycles. The molecule has 0 radical (unpaired) electrons. The zero-order chi connectivity index (χ0) is 12.3. The summed E-state index contributed by atoms with van der Waals surface area (Å²) in [7, 11) is 1.83. The molecule has 1 aromatic rings. The van der Waals surface area contributed by atoms with Crippen molar-refractivity contribution in [2.75, 3.05) is 20.2 Å². The minimum atomic E-state index is -0.489. The summed E-state index contributed by atoms with van der Waals surface area (Å²) in [6, 6.07) is 5.75. The van der Waals surface area contributed by atoms with Gasteiger partial charge in [-0.15, -0.1) is 0 Å². The summed E-state index contributed by atoms with van der Waals surface area (Å²) in [6.45, 7) is 1.33. The van der Waals surface area contributed by atoms with E-state index in [0.29, 0.717) is 6.54 Å². The maximum Gasteiger partial charge on any atom is 0.133 e. The van der Waals surface area contributed by atoms with Gasteiger partial charge in [-0.2, -0.15) is 0 Å². The number of ether oxygens (including phenoxy) is 1. The third-order valence-corrected chi connectivity index (χ3v) is 3.56. The molecule has 0 heterocycles. The molecule has 0 aliphatic heterocycles. The monoisotopic (exact) mass is 299 g/mol. The molecule has 0 amide bonds. The van der Waals surface area contributed by atoms with Crippen LogP contribution >= 0.6 is 15.9 Å². The molecule has 1 aliphatic rings. The molecule has 2 N–H and O–H groups in total. The van der Waals surface area contributed by atoms with E-state index in [1.165, 1.54) is 12.8 Å². The van der Waals surface area contributed by atoms with Gasteiger partial charge in [0.2, 0.25) is 0 Å². The molecular formula is C13H18BrNO2. The van der Waals surface area contributed by atoms with Gasteiger partial charge in [0.15, 0.2) is 0 Å². The molecule has 1 fully saturated rings. The highest BCUT2D eigenvalue weighted by Gasteiger charge is 2.22.